The number of rotatable bonds is 5. The molecule has 1 N–H and O–H groups in total. The first kappa shape index (κ1) is 17.9. The Morgan fingerprint density at radius 1 is 1.15 bits per heavy atom. The smallest absolute Gasteiger partial charge is 0.254 e. The molecule has 1 amide bonds. The molecule has 0 aliphatic carbocycles. The number of benzene rings is 2. The van der Waals surface area contributed by atoms with Gasteiger partial charge in [-0.05, 0) is 25.3 Å². The summed E-state index contributed by atoms with van der Waals surface area (Å²) in [4.78, 5) is 29.9. The maximum absolute atomic E-state index is 12.3. The van der Waals surface area contributed by atoms with Gasteiger partial charge < -0.3 is 5.32 Å². The first-order valence-corrected chi connectivity index (χ1v) is 9.35. The summed E-state index contributed by atoms with van der Waals surface area (Å²) < 4.78 is 1.30. The molecule has 0 bridgehead atoms. The van der Waals surface area contributed by atoms with Crippen LogP contribution in [0.15, 0.2) is 70.6 Å². The molecular formula is C20H19N3O2S. The molecule has 2 aromatic carbocycles. The van der Waals surface area contributed by atoms with Crippen molar-refractivity contribution in [2.24, 2.45) is 0 Å². The monoisotopic (exact) mass is 365 g/mol. The summed E-state index contributed by atoms with van der Waals surface area (Å²) in [7, 11) is 0. The number of amides is 1. The van der Waals surface area contributed by atoms with Crippen molar-refractivity contribution in [3.8, 4) is 11.3 Å². The Bertz CT molecular complexity index is 981. The van der Waals surface area contributed by atoms with Crippen LogP contribution in [0.3, 0.4) is 0 Å². The van der Waals surface area contributed by atoms with E-state index in [1.54, 1.807) is 11.8 Å². The van der Waals surface area contributed by atoms with Crippen molar-refractivity contribution in [2.75, 3.05) is 11.6 Å². The van der Waals surface area contributed by atoms with Crippen molar-refractivity contribution in [1.82, 2.24) is 9.55 Å². The van der Waals surface area contributed by atoms with Crippen LogP contribution in [0.2, 0.25) is 0 Å². The lowest BCUT2D eigenvalue weighted by molar-refractivity contribution is -0.116. The predicted molar refractivity (Wildman–Crippen MR) is 106 cm³/mol. The van der Waals surface area contributed by atoms with E-state index in [0.29, 0.717) is 5.69 Å². The minimum atomic E-state index is -0.265. The minimum absolute atomic E-state index is 0.0806. The zero-order valence-corrected chi connectivity index (χ0v) is 15.4. The van der Waals surface area contributed by atoms with Crippen LogP contribution in [0.5, 0.6) is 0 Å². The highest BCUT2D eigenvalue weighted by molar-refractivity contribution is 7.98. The van der Waals surface area contributed by atoms with Crippen LogP contribution in [0, 0.1) is 6.92 Å². The van der Waals surface area contributed by atoms with Gasteiger partial charge in [-0.15, -0.1) is 11.8 Å². The number of anilines is 1. The molecule has 26 heavy (non-hydrogen) atoms. The molecule has 0 saturated heterocycles. The molecule has 5 nitrogen and oxygen atoms in total. The number of aromatic nitrogens is 2. The van der Waals surface area contributed by atoms with Crippen LogP contribution in [-0.2, 0) is 11.3 Å². The number of nitrogens with zero attached hydrogens (tertiary/aromatic N) is 2. The van der Waals surface area contributed by atoms with Crippen molar-refractivity contribution in [3.05, 3.63) is 76.8 Å². The molecule has 0 spiro atoms. The topological polar surface area (TPSA) is 64.0 Å². The molecule has 0 atom stereocenters. The van der Waals surface area contributed by atoms with E-state index in [1.807, 2.05) is 61.7 Å². The number of carbonyl (C=O) groups is 1. The first-order valence-electron chi connectivity index (χ1n) is 8.13. The Balaban J connectivity index is 1.75. The van der Waals surface area contributed by atoms with E-state index in [-0.39, 0.29) is 18.0 Å². The van der Waals surface area contributed by atoms with Crippen molar-refractivity contribution in [2.45, 2.75) is 18.4 Å². The Kier molecular flexibility index (Phi) is 5.53. The second-order valence-electron chi connectivity index (χ2n) is 5.85. The standard InChI is InChI=1S/C20H19N3O2S/c1-14-7-9-15(10-8-14)17-11-20(25)23(13-21-17)12-19(24)22-16-5-3-4-6-18(16)26-2/h3-11,13H,12H2,1-2H3,(H,22,24). The van der Waals surface area contributed by atoms with Gasteiger partial charge in [-0.2, -0.15) is 0 Å². The molecule has 1 heterocycles. The van der Waals surface area contributed by atoms with Crippen LogP contribution in [0.25, 0.3) is 11.3 Å². The number of carbonyl (C=O) groups excluding carboxylic acids is 1. The third-order valence-electron chi connectivity index (χ3n) is 3.92. The molecule has 0 fully saturated rings. The second kappa shape index (κ2) is 8.01. The van der Waals surface area contributed by atoms with Gasteiger partial charge in [0.25, 0.3) is 5.56 Å². The van der Waals surface area contributed by atoms with E-state index >= 15 is 0 Å². The molecule has 1 aromatic heterocycles. The maximum Gasteiger partial charge on any atom is 0.254 e. The van der Waals surface area contributed by atoms with Gasteiger partial charge in [0.1, 0.15) is 6.54 Å². The molecular weight excluding hydrogens is 346 g/mol. The predicted octanol–water partition coefficient (Wildman–Crippen LogP) is 3.58. The van der Waals surface area contributed by atoms with E-state index in [2.05, 4.69) is 10.3 Å². The van der Waals surface area contributed by atoms with E-state index < -0.39 is 0 Å². The first-order chi connectivity index (χ1) is 12.6. The number of nitrogens with one attached hydrogen (secondary N) is 1. The summed E-state index contributed by atoms with van der Waals surface area (Å²) in [6.07, 6.45) is 3.36. The highest BCUT2D eigenvalue weighted by atomic mass is 32.2. The third kappa shape index (κ3) is 4.21. The van der Waals surface area contributed by atoms with Gasteiger partial charge in [0, 0.05) is 16.5 Å². The fourth-order valence-electron chi connectivity index (χ4n) is 2.52. The summed E-state index contributed by atoms with van der Waals surface area (Å²) in [5.41, 5.74) is 3.09. The SMILES string of the molecule is CSc1ccccc1NC(=O)Cn1cnc(-c2ccc(C)cc2)cc1=O. The zero-order chi connectivity index (χ0) is 18.5. The summed E-state index contributed by atoms with van der Waals surface area (Å²) >= 11 is 1.55. The molecule has 132 valence electrons. The Hall–Kier alpha value is -2.86. The maximum atomic E-state index is 12.3. The largest absolute Gasteiger partial charge is 0.324 e. The lowest BCUT2D eigenvalue weighted by Gasteiger charge is -2.10. The molecule has 6 heteroatoms. The zero-order valence-electron chi connectivity index (χ0n) is 14.6. The van der Waals surface area contributed by atoms with Crippen LogP contribution in [0.4, 0.5) is 5.69 Å². The Morgan fingerprint density at radius 3 is 2.58 bits per heavy atom. The molecule has 0 radical (unpaired) electrons. The number of hydrogen-bond donors (Lipinski definition) is 1. The van der Waals surface area contributed by atoms with Crippen molar-refractivity contribution in [3.63, 3.8) is 0 Å². The lowest BCUT2D eigenvalue weighted by Crippen LogP contribution is -2.27. The van der Waals surface area contributed by atoms with Gasteiger partial charge in [0.05, 0.1) is 17.7 Å². The number of para-hydroxylation sites is 1. The molecule has 0 unspecified atom stereocenters. The van der Waals surface area contributed by atoms with E-state index in [4.69, 9.17) is 0 Å². The average molecular weight is 365 g/mol. The quantitative estimate of drug-likeness (QED) is 0.702. The molecule has 0 aliphatic rings. The van der Waals surface area contributed by atoms with Gasteiger partial charge in [0.2, 0.25) is 5.91 Å². The molecule has 0 saturated carbocycles. The normalized spacial score (nSPS) is 10.5. The summed E-state index contributed by atoms with van der Waals surface area (Å²) in [6, 6.07) is 16.8. The van der Waals surface area contributed by atoms with Gasteiger partial charge in [-0.25, -0.2) is 4.98 Å². The van der Waals surface area contributed by atoms with Crippen LogP contribution in [0.1, 0.15) is 5.56 Å². The van der Waals surface area contributed by atoms with Crippen LogP contribution in [-0.4, -0.2) is 21.7 Å². The van der Waals surface area contributed by atoms with Gasteiger partial charge in [-0.1, -0.05) is 42.0 Å². The number of thioether (sulfide) groups is 1. The van der Waals surface area contributed by atoms with E-state index in [1.165, 1.54) is 17.0 Å². The van der Waals surface area contributed by atoms with Crippen LogP contribution < -0.4 is 10.9 Å². The molecule has 0 aliphatic heterocycles. The third-order valence-corrected chi connectivity index (χ3v) is 4.72. The fourth-order valence-corrected chi connectivity index (χ4v) is 3.07. The van der Waals surface area contributed by atoms with Crippen molar-refractivity contribution >= 4 is 23.4 Å². The van der Waals surface area contributed by atoms with Gasteiger partial charge in [-0.3, -0.25) is 14.2 Å². The highest BCUT2D eigenvalue weighted by Crippen LogP contribution is 2.24. The number of aryl methyl sites for hydroxylation is 1. The highest BCUT2D eigenvalue weighted by Gasteiger charge is 2.09. The molecule has 3 rings (SSSR count). The van der Waals surface area contributed by atoms with Crippen molar-refractivity contribution in [1.29, 1.82) is 0 Å². The average Bonchev–Trinajstić information content (AvgIpc) is 2.64. The van der Waals surface area contributed by atoms with Crippen molar-refractivity contribution < 1.29 is 4.79 Å². The second-order valence-corrected chi connectivity index (χ2v) is 6.70. The Morgan fingerprint density at radius 2 is 1.88 bits per heavy atom. The van der Waals surface area contributed by atoms with E-state index in [9.17, 15) is 9.59 Å². The van der Waals surface area contributed by atoms with Gasteiger partial charge in [0.15, 0.2) is 0 Å². The molecule has 3 aromatic rings. The van der Waals surface area contributed by atoms with E-state index in [0.717, 1.165) is 21.7 Å². The van der Waals surface area contributed by atoms with Gasteiger partial charge >= 0.3 is 0 Å². The summed E-state index contributed by atoms with van der Waals surface area (Å²) in [6.45, 7) is 1.92. The van der Waals surface area contributed by atoms with Crippen LogP contribution >= 0.6 is 11.8 Å². The Labute approximate surface area is 156 Å². The fraction of sp³-hybridized carbons (Fsp3) is 0.150. The number of hydrogen-bond acceptors (Lipinski definition) is 4. The summed E-state index contributed by atoms with van der Waals surface area (Å²) in [5, 5.41) is 2.84. The summed E-state index contributed by atoms with van der Waals surface area (Å²) in [5.74, 6) is -0.265. The lowest BCUT2D eigenvalue weighted by atomic mass is 10.1. The minimum Gasteiger partial charge on any atom is -0.324 e.